The third-order valence-electron chi connectivity index (χ3n) is 2.36. The minimum absolute atomic E-state index is 0.0599. The molecule has 0 fully saturated rings. The van der Waals surface area contributed by atoms with Crippen LogP contribution in [0.4, 0.5) is 0 Å². The monoisotopic (exact) mass is 235 g/mol. The second-order valence-corrected chi connectivity index (χ2v) is 3.42. The molecule has 5 nitrogen and oxygen atoms in total. The summed E-state index contributed by atoms with van der Waals surface area (Å²) in [5, 5.41) is 9.04. The number of isocyanates is 1. The maximum absolute atomic E-state index is 11.1. The van der Waals surface area contributed by atoms with Crippen molar-refractivity contribution in [3.05, 3.63) is 35.9 Å². The van der Waals surface area contributed by atoms with E-state index >= 15 is 0 Å². The molecule has 0 saturated heterocycles. The average molecular weight is 235 g/mol. The predicted molar refractivity (Wildman–Crippen MR) is 60.0 cm³/mol. The molecular weight excluding hydrogens is 222 g/mol. The van der Waals surface area contributed by atoms with Crippen molar-refractivity contribution in [3.63, 3.8) is 0 Å². The number of carboxylic acid groups (broad SMARTS) is 1. The van der Waals surface area contributed by atoms with Gasteiger partial charge in [-0.15, -0.1) is 0 Å². The highest BCUT2D eigenvalue weighted by atomic mass is 16.5. The van der Waals surface area contributed by atoms with Crippen molar-refractivity contribution in [1.82, 2.24) is 0 Å². The molecule has 0 aliphatic heterocycles. The van der Waals surface area contributed by atoms with Gasteiger partial charge in [0, 0.05) is 6.42 Å². The Morgan fingerprint density at radius 1 is 1.47 bits per heavy atom. The van der Waals surface area contributed by atoms with Crippen molar-refractivity contribution in [1.29, 1.82) is 0 Å². The standard InChI is InChI=1S/C12H13NO4/c1-2-12(11(15)16,13-9-14)17-8-10-6-4-3-5-7-10/h3-7H,2,8H2,1H3,(H,15,16)/t12-/m0/s1. The first-order valence-electron chi connectivity index (χ1n) is 5.15. The Morgan fingerprint density at radius 2 is 2.12 bits per heavy atom. The molecule has 0 aliphatic carbocycles. The molecule has 1 N–H and O–H groups in total. The third-order valence-corrected chi connectivity index (χ3v) is 2.36. The van der Waals surface area contributed by atoms with Crippen LogP contribution < -0.4 is 0 Å². The van der Waals surface area contributed by atoms with E-state index in [4.69, 9.17) is 9.84 Å². The Balaban J connectivity index is 2.81. The van der Waals surface area contributed by atoms with Crippen LogP contribution in [-0.2, 0) is 20.9 Å². The Hall–Kier alpha value is -1.97. The summed E-state index contributed by atoms with van der Waals surface area (Å²) in [7, 11) is 0. The van der Waals surface area contributed by atoms with E-state index in [0.717, 1.165) is 5.56 Å². The van der Waals surface area contributed by atoms with E-state index in [1.54, 1.807) is 19.1 Å². The lowest BCUT2D eigenvalue weighted by Crippen LogP contribution is -2.38. The number of hydrogen-bond acceptors (Lipinski definition) is 4. The molecule has 0 heterocycles. The van der Waals surface area contributed by atoms with Gasteiger partial charge < -0.3 is 9.84 Å². The fourth-order valence-electron chi connectivity index (χ4n) is 1.32. The number of benzene rings is 1. The molecule has 0 aliphatic rings. The molecule has 0 spiro atoms. The quantitative estimate of drug-likeness (QED) is 0.601. The number of nitrogens with zero attached hydrogens (tertiary/aromatic N) is 1. The number of aliphatic imine (C=N–C) groups is 1. The molecule has 1 rings (SSSR count). The first-order chi connectivity index (χ1) is 8.14. The Kier molecular flexibility index (Phi) is 4.57. The van der Waals surface area contributed by atoms with Gasteiger partial charge in [-0.05, 0) is 5.56 Å². The van der Waals surface area contributed by atoms with Gasteiger partial charge >= 0.3 is 5.97 Å². The highest BCUT2D eigenvalue weighted by Crippen LogP contribution is 2.20. The van der Waals surface area contributed by atoms with Crippen LogP contribution in [0.25, 0.3) is 0 Å². The summed E-state index contributed by atoms with van der Waals surface area (Å²) in [6.45, 7) is 1.66. The lowest BCUT2D eigenvalue weighted by molar-refractivity contribution is -0.167. The molecule has 1 aromatic rings. The maximum Gasteiger partial charge on any atom is 0.360 e. The van der Waals surface area contributed by atoms with Crippen molar-refractivity contribution < 1.29 is 19.4 Å². The van der Waals surface area contributed by atoms with Crippen molar-refractivity contribution in [2.24, 2.45) is 4.99 Å². The van der Waals surface area contributed by atoms with E-state index < -0.39 is 11.7 Å². The molecule has 0 amide bonds. The summed E-state index contributed by atoms with van der Waals surface area (Å²) in [6, 6.07) is 9.07. The summed E-state index contributed by atoms with van der Waals surface area (Å²) >= 11 is 0. The predicted octanol–water partition coefficient (Wildman–Crippen LogP) is 1.73. The lowest BCUT2D eigenvalue weighted by atomic mass is 10.1. The van der Waals surface area contributed by atoms with Gasteiger partial charge in [0.2, 0.25) is 6.08 Å². The zero-order chi connectivity index (χ0) is 12.7. The number of carboxylic acids is 1. The van der Waals surface area contributed by atoms with Gasteiger partial charge in [0.05, 0.1) is 6.61 Å². The van der Waals surface area contributed by atoms with E-state index in [0.29, 0.717) is 0 Å². The second-order valence-electron chi connectivity index (χ2n) is 3.42. The van der Waals surface area contributed by atoms with E-state index in [1.165, 1.54) is 6.08 Å². The molecule has 90 valence electrons. The molecule has 0 bridgehead atoms. The smallest absolute Gasteiger partial charge is 0.360 e. The van der Waals surface area contributed by atoms with Gasteiger partial charge in [-0.3, -0.25) is 0 Å². The van der Waals surface area contributed by atoms with E-state index in [2.05, 4.69) is 4.99 Å². The summed E-state index contributed by atoms with van der Waals surface area (Å²) in [5.74, 6) is -1.29. The zero-order valence-corrected chi connectivity index (χ0v) is 9.42. The van der Waals surface area contributed by atoms with Gasteiger partial charge in [0.1, 0.15) is 0 Å². The van der Waals surface area contributed by atoms with Crippen LogP contribution >= 0.6 is 0 Å². The average Bonchev–Trinajstić information content (AvgIpc) is 2.35. The van der Waals surface area contributed by atoms with Gasteiger partial charge in [-0.25, -0.2) is 9.59 Å². The Bertz CT molecular complexity index is 421. The molecular formula is C12H13NO4. The van der Waals surface area contributed by atoms with Crippen LogP contribution in [0.3, 0.4) is 0 Å². The summed E-state index contributed by atoms with van der Waals surface area (Å²) in [5.41, 5.74) is -1.02. The molecule has 5 heteroatoms. The fourth-order valence-corrected chi connectivity index (χ4v) is 1.32. The number of carbonyl (C=O) groups excluding carboxylic acids is 1. The molecule has 0 radical (unpaired) electrons. The lowest BCUT2D eigenvalue weighted by Gasteiger charge is -2.22. The third kappa shape index (κ3) is 3.24. The van der Waals surface area contributed by atoms with Crippen molar-refractivity contribution in [2.45, 2.75) is 25.7 Å². The van der Waals surface area contributed by atoms with Crippen LogP contribution in [-0.4, -0.2) is 22.9 Å². The van der Waals surface area contributed by atoms with Crippen LogP contribution in [0.2, 0.25) is 0 Å². The fraction of sp³-hybridized carbons (Fsp3) is 0.333. The summed E-state index contributed by atoms with van der Waals surface area (Å²) in [4.78, 5) is 24.6. The molecule has 0 unspecified atom stereocenters. The molecule has 17 heavy (non-hydrogen) atoms. The number of aliphatic carboxylic acids is 1. The number of hydrogen-bond donors (Lipinski definition) is 1. The van der Waals surface area contributed by atoms with Crippen LogP contribution in [0.1, 0.15) is 18.9 Å². The number of carbonyl (C=O) groups is 1. The van der Waals surface area contributed by atoms with Crippen LogP contribution in [0.5, 0.6) is 0 Å². The minimum Gasteiger partial charge on any atom is -0.478 e. The molecule has 1 aromatic carbocycles. The first kappa shape index (κ1) is 13.1. The highest BCUT2D eigenvalue weighted by Gasteiger charge is 2.38. The van der Waals surface area contributed by atoms with Crippen molar-refractivity contribution in [3.8, 4) is 0 Å². The minimum atomic E-state index is -1.84. The molecule has 0 saturated carbocycles. The van der Waals surface area contributed by atoms with Crippen LogP contribution in [0, 0.1) is 0 Å². The number of rotatable bonds is 6. The van der Waals surface area contributed by atoms with Crippen molar-refractivity contribution >= 4 is 12.0 Å². The van der Waals surface area contributed by atoms with E-state index in [1.807, 2.05) is 18.2 Å². The van der Waals surface area contributed by atoms with Gasteiger partial charge in [-0.2, -0.15) is 4.99 Å². The van der Waals surface area contributed by atoms with E-state index in [9.17, 15) is 9.59 Å². The van der Waals surface area contributed by atoms with Crippen molar-refractivity contribution in [2.75, 3.05) is 0 Å². The topological polar surface area (TPSA) is 76.0 Å². The largest absolute Gasteiger partial charge is 0.478 e. The van der Waals surface area contributed by atoms with Gasteiger partial charge in [-0.1, -0.05) is 37.3 Å². The maximum atomic E-state index is 11.1. The molecule has 0 aromatic heterocycles. The Morgan fingerprint density at radius 3 is 2.59 bits per heavy atom. The molecule has 1 atom stereocenters. The van der Waals surface area contributed by atoms with Gasteiger partial charge in [0.15, 0.2) is 0 Å². The summed E-state index contributed by atoms with van der Waals surface area (Å²) in [6.07, 6.45) is 1.31. The van der Waals surface area contributed by atoms with Gasteiger partial charge in [0.25, 0.3) is 5.72 Å². The SMILES string of the molecule is CC[C@](N=C=O)(OCc1ccccc1)C(=O)O. The zero-order valence-electron chi connectivity index (χ0n) is 9.42. The first-order valence-corrected chi connectivity index (χ1v) is 5.15. The second kappa shape index (κ2) is 5.94. The Labute approximate surface area is 98.7 Å². The van der Waals surface area contributed by atoms with E-state index in [-0.39, 0.29) is 13.0 Å². The van der Waals surface area contributed by atoms with Crippen LogP contribution in [0.15, 0.2) is 35.3 Å². The normalized spacial score (nSPS) is 13.5. The highest BCUT2D eigenvalue weighted by molar-refractivity contribution is 5.78. The summed E-state index contributed by atoms with van der Waals surface area (Å²) < 4.78 is 5.24. The number of ether oxygens (including phenoxy) is 1.